The predicted octanol–water partition coefficient (Wildman–Crippen LogP) is 5.00. The van der Waals surface area contributed by atoms with Crippen LogP contribution in [0.25, 0.3) is 10.9 Å². The van der Waals surface area contributed by atoms with Crippen molar-refractivity contribution in [2.45, 2.75) is 31.9 Å². The number of carbonyl (C=O) groups excluding carboxylic acids is 1. The number of para-hydroxylation sites is 1. The molecule has 2 rings (SSSR count). The van der Waals surface area contributed by atoms with Gasteiger partial charge in [-0.1, -0.05) is 37.6 Å². The van der Waals surface area contributed by atoms with Crippen LogP contribution in [-0.2, 0) is 0 Å². The molecule has 2 aromatic rings. The molecule has 0 amide bonds. The number of ether oxygens (including phenoxy) is 1. The van der Waals surface area contributed by atoms with Gasteiger partial charge in [0.15, 0.2) is 5.78 Å². The van der Waals surface area contributed by atoms with Gasteiger partial charge < -0.3 is 4.74 Å². The molecule has 1 aromatic heterocycles. The maximum atomic E-state index is 12.1. The molecule has 0 aliphatic rings. The van der Waals surface area contributed by atoms with Crippen molar-refractivity contribution >= 4 is 40.0 Å². The smallest absolute Gasteiger partial charge is 0.165 e. The third-order valence-electron chi connectivity index (χ3n) is 3.45. The van der Waals surface area contributed by atoms with Crippen molar-refractivity contribution in [3.05, 3.63) is 35.0 Å². The molecule has 118 valence electrons. The summed E-state index contributed by atoms with van der Waals surface area (Å²) in [6, 6.07) is 5.63. The molecule has 3 nitrogen and oxygen atoms in total. The molecule has 0 saturated heterocycles. The first-order valence-electron chi connectivity index (χ1n) is 7.34. The molecule has 0 fully saturated rings. The number of ketones is 1. The quantitative estimate of drug-likeness (QED) is 0.666. The molecule has 1 heterocycles. The molecule has 0 bridgehead atoms. The van der Waals surface area contributed by atoms with Crippen LogP contribution >= 0.6 is 23.4 Å². The van der Waals surface area contributed by atoms with Crippen LogP contribution in [0.4, 0.5) is 0 Å². The number of benzene rings is 1. The molecule has 1 unspecified atom stereocenters. The van der Waals surface area contributed by atoms with E-state index in [1.165, 1.54) is 0 Å². The summed E-state index contributed by atoms with van der Waals surface area (Å²) in [7, 11) is 0. The van der Waals surface area contributed by atoms with E-state index in [-0.39, 0.29) is 5.78 Å². The maximum absolute atomic E-state index is 12.1. The first-order chi connectivity index (χ1) is 10.6. The summed E-state index contributed by atoms with van der Waals surface area (Å²) < 4.78 is 5.85. The van der Waals surface area contributed by atoms with Crippen LogP contribution in [0.1, 0.15) is 37.0 Å². The van der Waals surface area contributed by atoms with Gasteiger partial charge >= 0.3 is 0 Å². The largest absolute Gasteiger partial charge is 0.490 e. The van der Waals surface area contributed by atoms with Gasteiger partial charge in [0.1, 0.15) is 11.3 Å². The highest BCUT2D eigenvalue weighted by atomic mass is 35.5. The lowest BCUT2D eigenvalue weighted by atomic mass is 10.1. The second kappa shape index (κ2) is 7.84. The Hall–Kier alpha value is -1.26. The predicted molar refractivity (Wildman–Crippen MR) is 94.5 cm³/mol. The first kappa shape index (κ1) is 17.1. The maximum Gasteiger partial charge on any atom is 0.165 e. The van der Waals surface area contributed by atoms with Crippen molar-refractivity contribution < 1.29 is 9.53 Å². The number of aromatic nitrogens is 1. The number of thioether (sulfide) groups is 1. The Morgan fingerprint density at radius 2 is 2.23 bits per heavy atom. The molecule has 0 radical (unpaired) electrons. The van der Waals surface area contributed by atoms with Crippen LogP contribution in [0.5, 0.6) is 5.75 Å². The third-order valence-corrected chi connectivity index (χ3v) is 4.80. The minimum absolute atomic E-state index is 0.0317. The highest BCUT2D eigenvalue weighted by molar-refractivity contribution is 7.99. The standard InChI is InChI=1S/C17H20ClNO2S/c1-4-6-14(20)13-9-19-17-12(16(13)18)7-5-8-15(17)21-10-11(2)22-3/h5,7-9,11H,4,6,10H2,1-3H3. The van der Waals surface area contributed by atoms with Crippen molar-refractivity contribution in [3.8, 4) is 5.75 Å². The van der Waals surface area contributed by atoms with Crippen LogP contribution in [0.2, 0.25) is 5.02 Å². The Labute approximate surface area is 140 Å². The number of rotatable bonds is 7. The van der Waals surface area contributed by atoms with Gasteiger partial charge in [-0.25, -0.2) is 0 Å². The van der Waals surface area contributed by atoms with E-state index in [9.17, 15) is 4.79 Å². The number of halogens is 1. The number of fused-ring (bicyclic) bond motifs is 1. The zero-order valence-corrected chi connectivity index (χ0v) is 14.6. The van der Waals surface area contributed by atoms with E-state index in [2.05, 4.69) is 18.2 Å². The number of pyridine rings is 1. The summed E-state index contributed by atoms with van der Waals surface area (Å²) in [4.78, 5) is 16.5. The molecular formula is C17H20ClNO2S. The minimum atomic E-state index is 0.0317. The zero-order chi connectivity index (χ0) is 16.1. The molecule has 0 N–H and O–H groups in total. The summed E-state index contributed by atoms with van der Waals surface area (Å²) in [6.45, 7) is 4.69. The number of carbonyl (C=O) groups is 1. The fourth-order valence-electron chi connectivity index (χ4n) is 2.11. The SMILES string of the molecule is CCCC(=O)c1cnc2c(OCC(C)SC)cccc2c1Cl. The summed E-state index contributed by atoms with van der Waals surface area (Å²) in [5, 5.41) is 1.63. The van der Waals surface area contributed by atoms with Crippen LogP contribution in [-0.4, -0.2) is 28.9 Å². The molecule has 0 spiro atoms. The molecule has 1 aromatic carbocycles. The zero-order valence-electron chi connectivity index (χ0n) is 13.1. The van der Waals surface area contributed by atoms with E-state index < -0.39 is 0 Å². The Morgan fingerprint density at radius 3 is 2.91 bits per heavy atom. The molecule has 0 aliphatic carbocycles. The van der Waals surface area contributed by atoms with E-state index in [0.29, 0.717) is 40.1 Å². The average molecular weight is 338 g/mol. The van der Waals surface area contributed by atoms with Gasteiger partial charge in [-0.05, 0) is 18.7 Å². The molecule has 22 heavy (non-hydrogen) atoms. The molecular weight excluding hydrogens is 318 g/mol. The van der Waals surface area contributed by atoms with E-state index in [0.717, 1.165) is 11.8 Å². The van der Waals surface area contributed by atoms with E-state index in [1.54, 1.807) is 18.0 Å². The lowest BCUT2D eigenvalue weighted by molar-refractivity contribution is 0.0981. The second-order valence-corrected chi connectivity index (χ2v) is 6.82. The van der Waals surface area contributed by atoms with Crippen LogP contribution in [0.3, 0.4) is 0 Å². The van der Waals surface area contributed by atoms with Gasteiger partial charge in [0.2, 0.25) is 0 Å². The Bertz CT molecular complexity index is 675. The topological polar surface area (TPSA) is 39.2 Å². The van der Waals surface area contributed by atoms with E-state index in [1.807, 2.05) is 25.1 Å². The van der Waals surface area contributed by atoms with Crippen LogP contribution in [0.15, 0.2) is 24.4 Å². The summed E-state index contributed by atoms with van der Waals surface area (Å²) in [5.74, 6) is 0.735. The van der Waals surface area contributed by atoms with Gasteiger partial charge in [-0.15, -0.1) is 0 Å². The molecule has 5 heteroatoms. The monoisotopic (exact) mass is 337 g/mol. The van der Waals surface area contributed by atoms with Crippen molar-refractivity contribution in [1.29, 1.82) is 0 Å². The highest BCUT2D eigenvalue weighted by Crippen LogP contribution is 2.32. The summed E-state index contributed by atoms with van der Waals surface area (Å²) >= 11 is 8.16. The lowest BCUT2D eigenvalue weighted by Crippen LogP contribution is -2.10. The van der Waals surface area contributed by atoms with Gasteiger partial charge in [0.25, 0.3) is 0 Å². The van der Waals surface area contributed by atoms with Crippen molar-refractivity contribution in [2.24, 2.45) is 0 Å². The second-order valence-electron chi connectivity index (χ2n) is 5.17. The number of nitrogens with zero attached hydrogens (tertiary/aromatic N) is 1. The number of hydrogen-bond acceptors (Lipinski definition) is 4. The highest BCUT2D eigenvalue weighted by Gasteiger charge is 2.15. The van der Waals surface area contributed by atoms with Crippen molar-refractivity contribution in [3.63, 3.8) is 0 Å². The van der Waals surface area contributed by atoms with Gasteiger partial charge in [0, 0.05) is 23.3 Å². The van der Waals surface area contributed by atoms with Crippen molar-refractivity contribution in [2.75, 3.05) is 12.9 Å². The Morgan fingerprint density at radius 1 is 1.45 bits per heavy atom. The minimum Gasteiger partial charge on any atom is -0.490 e. The van der Waals surface area contributed by atoms with Crippen LogP contribution in [0, 0.1) is 0 Å². The summed E-state index contributed by atoms with van der Waals surface area (Å²) in [6.07, 6.45) is 4.89. The number of hydrogen-bond donors (Lipinski definition) is 0. The summed E-state index contributed by atoms with van der Waals surface area (Å²) in [5.41, 5.74) is 1.19. The average Bonchev–Trinajstić information content (AvgIpc) is 2.53. The Kier molecular flexibility index (Phi) is 6.09. The fourth-order valence-corrected chi connectivity index (χ4v) is 2.62. The molecule has 1 atom stereocenters. The third kappa shape index (κ3) is 3.73. The van der Waals surface area contributed by atoms with Crippen molar-refractivity contribution in [1.82, 2.24) is 4.98 Å². The molecule has 0 aliphatic heterocycles. The Balaban J connectivity index is 2.38. The van der Waals surface area contributed by atoms with E-state index in [4.69, 9.17) is 16.3 Å². The van der Waals surface area contributed by atoms with Crippen LogP contribution < -0.4 is 4.74 Å². The van der Waals surface area contributed by atoms with Gasteiger partial charge in [-0.3, -0.25) is 9.78 Å². The van der Waals surface area contributed by atoms with Gasteiger partial charge in [0.05, 0.1) is 17.2 Å². The fraction of sp³-hybridized carbons (Fsp3) is 0.412. The van der Waals surface area contributed by atoms with Gasteiger partial charge in [-0.2, -0.15) is 11.8 Å². The lowest BCUT2D eigenvalue weighted by Gasteiger charge is -2.13. The molecule has 0 saturated carbocycles. The normalized spacial score (nSPS) is 12.4. The first-order valence-corrected chi connectivity index (χ1v) is 9.01. The van der Waals surface area contributed by atoms with E-state index >= 15 is 0 Å². The number of Topliss-reactive ketones (excluding diaryl/α,β-unsaturated/α-hetero) is 1.